The SMILES string of the molecule is CCC(CO)(CO)Nc1ncc(F)cc1F. The molecule has 3 N–H and O–H groups in total. The molecule has 0 amide bonds. The highest BCUT2D eigenvalue weighted by Gasteiger charge is 2.27. The van der Waals surface area contributed by atoms with Gasteiger partial charge in [0.05, 0.1) is 24.9 Å². The van der Waals surface area contributed by atoms with Crippen molar-refractivity contribution in [3.8, 4) is 0 Å². The van der Waals surface area contributed by atoms with Gasteiger partial charge in [-0.15, -0.1) is 0 Å². The van der Waals surface area contributed by atoms with E-state index in [9.17, 15) is 8.78 Å². The van der Waals surface area contributed by atoms with Gasteiger partial charge in [-0.2, -0.15) is 0 Å². The molecule has 1 aromatic rings. The lowest BCUT2D eigenvalue weighted by Gasteiger charge is -2.30. The van der Waals surface area contributed by atoms with Gasteiger partial charge in [0, 0.05) is 6.07 Å². The zero-order chi connectivity index (χ0) is 12.2. The third-order valence-corrected chi connectivity index (χ3v) is 2.47. The molecule has 0 radical (unpaired) electrons. The summed E-state index contributed by atoms with van der Waals surface area (Å²) in [6.45, 7) is 0.970. The van der Waals surface area contributed by atoms with Gasteiger partial charge in [0.25, 0.3) is 0 Å². The Balaban J connectivity index is 2.93. The Hall–Kier alpha value is -1.27. The van der Waals surface area contributed by atoms with E-state index in [1.807, 2.05) is 0 Å². The summed E-state index contributed by atoms with van der Waals surface area (Å²) in [6.07, 6.45) is 1.24. The molecule has 0 aliphatic carbocycles. The molecule has 0 unspecified atom stereocenters. The monoisotopic (exact) mass is 232 g/mol. The molecule has 1 heterocycles. The summed E-state index contributed by atoms with van der Waals surface area (Å²) < 4.78 is 25.9. The van der Waals surface area contributed by atoms with Gasteiger partial charge in [-0.25, -0.2) is 13.8 Å². The maximum atomic E-state index is 13.3. The first-order valence-electron chi connectivity index (χ1n) is 4.88. The molecule has 1 aromatic heterocycles. The second-order valence-electron chi connectivity index (χ2n) is 3.56. The summed E-state index contributed by atoms with van der Waals surface area (Å²) >= 11 is 0. The van der Waals surface area contributed by atoms with Crippen molar-refractivity contribution in [3.63, 3.8) is 0 Å². The summed E-state index contributed by atoms with van der Waals surface area (Å²) in [5.41, 5.74) is -1.05. The molecule has 0 aliphatic heterocycles. The van der Waals surface area contributed by atoms with Crippen molar-refractivity contribution in [3.05, 3.63) is 23.9 Å². The van der Waals surface area contributed by atoms with Crippen molar-refractivity contribution >= 4 is 5.82 Å². The molecule has 6 heteroatoms. The van der Waals surface area contributed by atoms with Gasteiger partial charge in [-0.1, -0.05) is 6.92 Å². The quantitative estimate of drug-likeness (QED) is 0.706. The third-order valence-electron chi connectivity index (χ3n) is 2.47. The van der Waals surface area contributed by atoms with Crippen LogP contribution in [0.15, 0.2) is 12.3 Å². The summed E-state index contributed by atoms with van der Waals surface area (Å²) in [5.74, 6) is -1.83. The van der Waals surface area contributed by atoms with Crippen molar-refractivity contribution in [2.24, 2.45) is 0 Å². The van der Waals surface area contributed by atoms with Gasteiger partial charge in [0.2, 0.25) is 0 Å². The van der Waals surface area contributed by atoms with E-state index in [1.54, 1.807) is 6.92 Å². The minimum absolute atomic E-state index is 0.189. The van der Waals surface area contributed by atoms with Crippen LogP contribution in [0.4, 0.5) is 14.6 Å². The average Bonchev–Trinajstić information content (AvgIpc) is 2.29. The highest BCUT2D eigenvalue weighted by atomic mass is 19.1. The predicted octanol–water partition coefficient (Wildman–Crippen LogP) is 0.905. The van der Waals surface area contributed by atoms with Gasteiger partial charge in [0.1, 0.15) is 5.82 Å². The Kier molecular flexibility index (Phi) is 4.14. The minimum Gasteiger partial charge on any atom is -0.394 e. The van der Waals surface area contributed by atoms with E-state index < -0.39 is 17.2 Å². The second kappa shape index (κ2) is 5.18. The Morgan fingerprint density at radius 3 is 2.44 bits per heavy atom. The number of pyridine rings is 1. The van der Waals surface area contributed by atoms with Gasteiger partial charge in [-0.3, -0.25) is 0 Å². The summed E-state index contributed by atoms with van der Waals surface area (Å²) in [5, 5.41) is 20.9. The normalized spacial score (nSPS) is 11.6. The molecule has 4 nitrogen and oxygen atoms in total. The van der Waals surface area contributed by atoms with Crippen LogP contribution in [0, 0.1) is 11.6 Å². The van der Waals surface area contributed by atoms with Crippen LogP contribution < -0.4 is 5.32 Å². The number of aromatic nitrogens is 1. The number of nitrogens with one attached hydrogen (secondary N) is 1. The standard InChI is InChI=1S/C10H14F2N2O2/c1-2-10(5-15,6-16)14-9-8(12)3-7(11)4-13-9/h3-4,15-16H,2,5-6H2,1H3,(H,13,14). The molecule has 0 fully saturated rings. The van der Waals surface area contributed by atoms with E-state index in [-0.39, 0.29) is 19.0 Å². The lowest BCUT2D eigenvalue weighted by molar-refractivity contribution is 0.132. The molecule has 0 saturated carbocycles. The van der Waals surface area contributed by atoms with Gasteiger partial charge in [0.15, 0.2) is 11.6 Å². The molecule has 90 valence electrons. The summed E-state index contributed by atoms with van der Waals surface area (Å²) in [6, 6.07) is 0.685. The van der Waals surface area contributed by atoms with E-state index in [2.05, 4.69) is 10.3 Å². The predicted molar refractivity (Wildman–Crippen MR) is 55.0 cm³/mol. The maximum absolute atomic E-state index is 13.3. The van der Waals surface area contributed by atoms with Crippen molar-refractivity contribution in [2.75, 3.05) is 18.5 Å². The highest BCUT2D eigenvalue weighted by molar-refractivity contribution is 5.39. The molecule has 0 spiro atoms. The average molecular weight is 232 g/mol. The summed E-state index contributed by atoms with van der Waals surface area (Å²) in [7, 11) is 0. The summed E-state index contributed by atoms with van der Waals surface area (Å²) in [4.78, 5) is 3.52. The zero-order valence-corrected chi connectivity index (χ0v) is 8.87. The lowest BCUT2D eigenvalue weighted by atomic mass is 9.98. The van der Waals surface area contributed by atoms with Crippen molar-refractivity contribution in [1.29, 1.82) is 0 Å². The first-order chi connectivity index (χ1) is 7.56. The number of aliphatic hydroxyl groups excluding tert-OH is 2. The lowest BCUT2D eigenvalue weighted by Crippen LogP contribution is -2.45. The van der Waals surface area contributed by atoms with Crippen LogP contribution in [0.25, 0.3) is 0 Å². The number of hydrogen-bond donors (Lipinski definition) is 3. The number of aliphatic hydroxyl groups is 2. The molecule has 0 aliphatic rings. The van der Waals surface area contributed by atoms with Crippen molar-refractivity contribution < 1.29 is 19.0 Å². The minimum atomic E-state index is -1.05. The number of rotatable bonds is 5. The van der Waals surface area contributed by atoms with E-state index >= 15 is 0 Å². The maximum Gasteiger partial charge on any atom is 0.168 e. The van der Waals surface area contributed by atoms with Crippen LogP contribution >= 0.6 is 0 Å². The Morgan fingerprint density at radius 2 is 2.00 bits per heavy atom. The van der Waals surface area contributed by atoms with Gasteiger partial charge in [-0.05, 0) is 6.42 Å². The van der Waals surface area contributed by atoms with Crippen molar-refractivity contribution in [1.82, 2.24) is 4.98 Å². The van der Waals surface area contributed by atoms with Crippen LogP contribution in [-0.2, 0) is 0 Å². The van der Waals surface area contributed by atoms with Crippen LogP contribution in [0.5, 0.6) is 0 Å². The Bertz CT molecular complexity index is 348. The Morgan fingerprint density at radius 1 is 1.38 bits per heavy atom. The zero-order valence-electron chi connectivity index (χ0n) is 8.87. The number of hydrogen-bond acceptors (Lipinski definition) is 4. The largest absolute Gasteiger partial charge is 0.394 e. The molecule has 0 aromatic carbocycles. The smallest absolute Gasteiger partial charge is 0.168 e. The Labute approximate surface area is 91.9 Å². The van der Waals surface area contributed by atoms with E-state index in [0.29, 0.717) is 12.5 Å². The van der Waals surface area contributed by atoms with Gasteiger partial charge >= 0.3 is 0 Å². The van der Waals surface area contributed by atoms with Crippen molar-refractivity contribution in [2.45, 2.75) is 18.9 Å². The third kappa shape index (κ3) is 2.65. The number of nitrogens with zero attached hydrogens (tertiary/aromatic N) is 1. The number of anilines is 1. The highest BCUT2D eigenvalue weighted by Crippen LogP contribution is 2.19. The van der Waals surface area contributed by atoms with Crippen LogP contribution in [0.1, 0.15) is 13.3 Å². The molecule has 0 bridgehead atoms. The van der Waals surface area contributed by atoms with E-state index in [1.165, 1.54) is 0 Å². The van der Waals surface area contributed by atoms with Crippen LogP contribution in [-0.4, -0.2) is 33.9 Å². The fraction of sp³-hybridized carbons (Fsp3) is 0.500. The second-order valence-corrected chi connectivity index (χ2v) is 3.56. The fourth-order valence-corrected chi connectivity index (χ4v) is 1.20. The first-order valence-corrected chi connectivity index (χ1v) is 4.88. The molecular formula is C10H14F2N2O2. The number of halogens is 2. The topological polar surface area (TPSA) is 65.4 Å². The fourth-order valence-electron chi connectivity index (χ4n) is 1.20. The molecule has 0 saturated heterocycles. The van der Waals surface area contributed by atoms with E-state index in [4.69, 9.17) is 10.2 Å². The molecule has 16 heavy (non-hydrogen) atoms. The van der Waals surface area contributed by atoms with Crippen LogP contribution in [0.2, 0.25) is 0 Å². The first kappa shape index (κ1) is 12.8. The van der Waals surface area contributed by atoms with Crippen LogP contribution in [0.3, 0.4) is 0 Å². The van der Waals surface area contributed by atoms with E-state index in [0.717, 1.165) is 6.20 Å². The molecular weight excluding hydrogens is 218 g/mol. The molecule has 0 atom stereocenters. The molecule has 1 rings (SSSR count). The van der Waals surface area contributed by atoms with Gasteiger partial charge < -0.3 is 15.5 Å².